The van der Waals surface area contributed by atoms with Gasteiger partial charge in [0.1, 0.15) is 0 Å². The van der Waals surface area contributed by atoms with Gasteiger partial charge in [-0.15, -0.1) is 0 Å². The fraction of sp³-hybridized carbons (Fsp3) is 0.375. The molecule has 2 amide bonds. The summed E-state index contributed by atoms with van der Waals surface area (Å²) in [5.74, 6) is 0.358. The summed E-state index contributed by atoms with van der Waals surface area (Å²) in [6.07, 6.45) is 5.21. The summed E-state index contributed by atoms with van der Waals surface area (Å²) in [4.78, 5) is 26.3. The van der Waals surface area contributed by atoms with E-state index in [1.807, 2.05) is 30.3 Å². The number of rotatable bonds is 3. The molecule has 0 spiro atoms. The van der Waals surface area contributed by atoms with Crippen molar-refractivity contribution in [2.45, 2.75) is 6.42 Å². The van der Waals surface area contributed by atoms with Crippen LogP contribution in [0.2, 0.25) is 0 Å². The van der Waals surface area contributed by atoms with Crippen molar-refractivity contribution in [3.8, 4) is 0 Å². The van der Waals surface area contributed by atoms with Crippen molar-refractivity contribution in [1.29, 1.82) is 0 Å². The Morgan fingerprint density at radius 1 is 1.00 bits per heavy atom. The molecule has 4 atom stereocenters. The second-order valence-electron chi connectivity index (χ2n) is 5.81. The Balaban J connectivity index is 1.51. The topological polar surface area (TPSA) is 49.4 Å². The molecule has 2 fully saturated rings. The van der Waals surface area contributed by atoms with Gasteiger partial charge in [-0.1, -0.05) is 30.4 Å². The molecule has 20 heavy (non-hydrogen) atoms. The number of imide groups is 1. The van der Waals surface area contributed by atoms with E-state index in [0.29, 0.717) is 0 Å². The third kappa shape index (κ3) is 1.54. The summed E-state index contributed by atoms with van der Waals surface area (Å²) in [5, 5.41) is 3.15. The highest BCUT2D eigenvalue weighted by Gasteiger charge is 2.59. The number of carbonyl (C=O) groups is 2. The Bertz CT molecular complexity index is 566. The highest BCUT2D eigenvalue weighted by atomic mass is 16.2. The third-order valence-electron chi connectivity index (χ3n) is 4.78. The highest BCUT2D eigenvalue weighted by Crippen LogP contribution is 2.52. The zero-order valence-electron chi connectivity index (χ0n) is 11.0. The molecule has 1 aromatic rings. The number of nitrogens with zero attached hydrogens (tertiary/aromatic N) is 1. The molecule has 3 aliphatic rings. The van der Waals surface area contributed by atoms with Crippen LogP contribution in [0.4, 0.5) is 5.69 Å². The molecule has 2 aliphatic carbocycles. The largest absolute Gasteiger partial charge is 0.367 e. The zero-order valence-corrected chi connectivity index (χ0v) is 11.0. The van der Waals surface area contributed by atoms with E-state index in [0.717, 1.165) is 12.1 Å². The van der Waals surface area contributed by atoms with Crippen molar-refractivity contribution in [2.24, 2.45) is 23.7 Å². The number of hydrogen-bond acceptors (Lipinski definition) is 3. The molecule has 102 valence electrons. The first-order chi connectivity index (χ1) is 9.75. The van der Waals surface area contributed by atoms with Crippen LogP contribution in [0.1, 0.15) is 6.42 Å². The van der Waals surface area contributed by atoms with E-state index in [9.17, 15) is 9.59 Å². The lowest BCUT2D eigenvalue weighted by atomic mass is 9.85. The minimum absolute atomic E-state index is 0.000260. The second kappa shape index (κ2) is 4.20. The summed E-state index contributed by atoms with van der Waals surface area (Å²) in [6.45, 7) is 0.272. The molecule has 4 heteroatoms. The lowest BCUT2D eigenvalue weighted by molar-refractivity contribution is -0.140. The molecule has 4 nitrogen and oxygen atoms in total. The number of para-hydroxylation sites is 1. The van der Waals surface area contributed by atoms with Gasteiger partial charge in [0.15, 0.2) is 0 Å². The Morgan fingerprint density at radius 3 is 2.20 bits per heavy atom. The van der Waals surface area contributed by atoms with Crippen LogP contribution in [0.25, 0.3) is 0 Å². The molecule has 0 unspecified atom stereocenters. The van der Waals surface area contributed by atoms with Crippen LogP contribution < -0.4 is 5.32 Å². The molecule has 1 aromatic carbocycles. The molecular weight excluding hydrogens is 252 g/mol. The number of likely N-dealkylation sites (tertiary alicyclic amines) is 1. The Morgan fingerprint density at radius 2 is 1.60 bits per heavy atom. The molecular formula is C16H16N2O2. The SMILES string of the molecule is O=C1[C@@H]2[C@H](C(=O)N1CNc1ccccc1)[C@H]1C=C[C@H]2C1. The highest BCUT2D eigenvalue weighted by molar-refractivity contribution is 6.06. The van der Waals surface area contributed by atoms with Gasteiger partial charge in [0.2, 0.25) is 11.8 Å². The van der Waals surface area contributed by atoms with Crippen LogP contribution in [0.15, 0.2) is 42.5 Å². The Hall–Kier alpha value is -2.10. The smallest absolute Gasteiger partial charge is 0.235 e. The number of nitrogens with one attached hydrogen (secondary N) is 1. The molecule has 2 bridgehead atoms. The van der Waals surface area contributed by atoms with Crippen LogP contribution in [0.5, 0.6) is 0 Å². The number of carbonyl (C=O) groups excluding carboxylic acids is 2. The van der Waals surface area contributed by atoms with Gasteiger partial charge in [0.05, 0.1) is 18.5 Å². The summed E-state index contributed by atoms with van der Waals surface area (Å²) in [6, 6.07) is 9.64. The van der Waals surface area contributed by atoms with E-state index >= 15 is 0 Å². The van der Waals surface area contributed by atoms with Gasteiger partial charge in [-0.05, 0) is 30.4 Å². The normalized spacial score (nSPS) is 33.9. The predicted molar refractivity (Wildman–Crippen MR) is 74.5 cm³/mol. The number of fused-ring (bicyclic) bond motifs is 5. The van der Waals surface area contributed by atoms with Gasteiger partial charge in [0, 0.05) is 5.69 Å². The first kappa shape index (κ1) is 11.7. The van der Waals surface area contributed by atoms with Crippen molar-refractivity contribution in [3.05, 3.63) is 42.5 Å². The summed E-state index contributed by atoms with van der Waals surface area (Å²) >= 11 is 0. The number of amides is 2. The molecule has 0 radical (unpaired) electrons. The van der Waals surface area contributed by atoms with Crippen molar-refractivity contribution in [3.63, 3.8) is 0 Å². The second-order valence-corrected chi connectivity index (χ2v) is 5.81. The van der Waals surface area contributed by atoms with Crippen LogP contribution >= 0.6 is 0 Å². The van der Waals surface area contributed by atoms with Gasteiger partial charge < -0.3 is 5.32 Å². The standard InChI is InChI=1S/C16H16N2O2/c19-15-13-10-6-7-11(8-10)14(13)16(20)18(15)9-17-12-4-2-1-3-5-12/h1-7,10-11,13-14,17H,8-9H2/t10-,11-,13-,14+/m0/s1. The van der Waals surface area contributed by atoms with Gasteiger partial charge in [0.25, 0.3) is 0 Å². The van der Waals surface area contributed by atoms with Crippen LogP contribution in [0.3, 0.4) is 0 Å². The van der Waals surface area contributed by atoms with E-state index < -0.39 is 0 Å². The molecule has 1 N–H and O–H groups in total. The Labute approximate surface area is 117 Å². The predicted octanol–water partition coefficient (Wildman–Crippen LogP) is 1.86. The number of hydrogen-bond donors (Lipinski definition) is 1. The average molecular weight is 268 g/mol. The molecule has 1 aliphatic heterocycles. The molecule has 1 saturated carbocycles. The monoisotopic (exact) mass is 268 g/mol. The van der Waals surface area contributed by atoms with Crippen LogP contribution in [0, 0.1) is 23.7 Å². The maximum atomic E-state index is 12.4. The number of anilines is 1. The number of allylic oxidation sites excluding steroid dienone is 2. The fourth-order valence-corrected chi connectivity index (χ4v) is 3.85. The zero-order chi connectivity index (χ0) is 13.7. The minimum atomic E-state index is -0.102. The van der Waals surface area contributed by atoms with E-state index in [-0.39, 0.29) is 42.2 Å². The van der Waals surface area contributed by atoms with E-state index in [1.54, 1.807) is 0 Å². The van der Waals surface area contributed by atoms with Gasteiger partial charge in [-0.25, -0.2) is 0 Å². The van der Waals surface area contributed by atoms with E-state index in [4.69, 9.17) is 0 Å². The lowest BCUT2D eigenvalue weighted by Crippen LogP contribution is -2.37. The molecule has 1 heterocycles. The van der Waals surface area contributed by atoms with Gasteiger partial charge in [-0.3, -0.25) is 14.5 Å². The lowest BCUT2D eigenvalue weighted by Gasteiger charge is -2.18. The van der Waals surface area contributed by atoms with E-state index in [1.165, 1.54) is 4.90 Å². The summed E-state index contributed by atoms with van der Waals surface area (Å²) in [5.41, 5.74) is 0.922. The van der Waals surface area contributed by atoms with E-state index in [2.05, 4.69) is 17.5 Å². The third-order valence-corrected chi connectivity index (χ3v) is 4.78. The minimum Gasteiger partial charge on any atom is -0.367 e. The van der Waals surface area contributed by atoms with Crippen molar-refractivity contribution in [1.82, 2.24) is 4.90 Å². The Kier molecular flexibility index (Phi) is 2.46. The maximum absolute atomic E-state index is 12.4. The first-order valence-electron chi connectivity index (χ1n) is 7.08. The van der Waals surface area contributed by atoms with Crippen LogP contribution in [-0.4, -0.2) is 23.4 Å². The van der Waals surface area contributed by atoms with Crippen LogP contribution in [-0.2, 0) is 9.59 Å². The van der Waals surface area contributed by atoms with Gasteiger partial charge in [-0.2, -0.15) is 0 Å². The molecule has 4 rings (SSSR count). The molecule has 1 saturated heterocycles. The molecule has 0 aromatic heterocycles. The maximum Gasteiger partial charge on any atom is 0.235 e. The van der Waals surface area contributed by atoms with Crippen molar-refractivity contribution >= 4 is 17.5 Å². The first-order valence-corrected chi connectivity index (χ1v) is 7.08. The van der Waals surface area contributed by atoms with Crippen molar-refractivity contribution in [2.75, 3.05) is 12.0 Å². The summed E-state index contributed by atoms with van der Waals surface area (Å²) in [7, 11) is 0. The average Bonchev–Trinajstić information content (AvgIpc) is 3.13. The van der Waals surface area contributed by atoms with Crippen molar-refractivity contribution < 1.29 is 9.59 Å². The summed E-state index contributed by atoms with van der Waals surface area (Å²) < 4.78 is 0. The quantitative estimate of drug-likeness (QED) is 0.672. The number of benzene rings is 1. The van der Waals surface area contributed by atoms with Gasteiger partial charge >= 0.3 is 0 Å². The fourth-order valence-electron chi connectivity index (χ4n) is 3.85.